The Morgan fingerprint density at radius 3 is 2.88 bits per heavy atom. The van der Waals surface area contributed by atoms with Crippen molar-refractivity contribution >= 4 is 23.4 Å². The van der Waals surface area contributed by atoms with E-state index in [2.05, 4.69) is 16.6 Å². The summed E-state index contributed by atoms with van der Waals surface area (Å²) >= 11 is 1.64. The highest BCUT2D eigenvalue weighted by molar-refractivity contribution is 7.98. The summed E-state index contributed by atoms with van der Waals surface area (Å²) in [5, 5.41) is 5.81. The molecule has 2 N–H and O–H groups in total. The fourth-order valence-electron chi connectivity index (χ4n) is 1.35. The van der Waals surface area contributed by atoms with E-state index in [1.54, 1.807) is 11.8 Å². The van der Waals surface area contributed by atoms with E-state index in [0.717, 1.165) is 10.6 Å². The molecule has 0 saturated heterocycles. The SMILES string of the molecule is C#CCNC(=O)C(C)Nc1ccccc1SC. The van der Waals surface area contributed by atoms with Crippen LogP contribution in [0.3, 0.4) is 0 Å². The van der Waals surface area contributed by atoms with Gasteiger partial charge in [0.05, 0.1) is 6.54 Å². The molecule has 17 heavy (non-hydrogen) atoms. The van der Waals surface area contributed by atoms with Crippen LogP contribution in [0.25, 0.3) is 0 Å². The lowest BCUT2D eigenvalue weighted by atomic mass is 10.2. The van der Waals surface area contributed by atoms with E-state index in [0.29, 0.717) is 0 Å². The minimum Gasteiger partial charge on any atom is -0.373 e. The number of benzene rings is 1. The van der Waals surface area contributed by atoms with Crippen LogP contribution in [0.5, 0.6) is 0 Å². The van der Waals surface area contributed by atoms with E-state index in [-0.39, 0.29) is 18.5 Å². The molecule has 0 fully saturated rings. The zero-order chi connectivity index (χ0) is 12.7. The van der Waals surface area contributed by atoms with Gasteiger partial charge in [0, 0.05) is 10.6 Å². The number of anilines is 1. The number of terminal acetylenes is 1. The van der Waals surface area contributed by atoms with E-state index in [9.17, 15) is 4.79 Å². The summed E-state index contributed by atoms with van der Waals surface area (Å²) in [6.07, 6.45) is 7.09. The van der Waals surface area contributed by atoms with Gasteiger partial charge in [0.1, 0.15) is 6.04 Å². The molecule has 90 valence electrons. The molecule has 4 heteroatoms. The molecule has 1 rings (SSSR count). The molecular formula is C13H16N2OS. The first-order valence-corrected chi connectivity index (χ1v) is 6.52. The number of rotatable bonds is 5. The minimum absolute atomic E-state index is 0.0983. The van der Waals surface area contributed by atoms with Gasteiger partial charge in [-0.2, -0.15) is 0 Å². The maximum Gasteiger partial charge on any atom is 0.242 e. The predicted octanol–water partition coefficient (Wildman–Crippen LogP) is 1.96. The molecule has 0 heterocycles. The number of nitrogens with one attached hydrogen (secondary N) is 2. The van der Waals surface area contributed by atoms with Crippen LogP contribution in [0.15, 0.2) is 29.2 Å². The smallest absolute Gasteiger partial charge is 0.242 e. The first-order chi connectivity index (χ1) is 8.19. The van der Waals surface area contributed by atoms with Crippen molar-refractivity contribution in [1.29, 1.82) is 0 Å². The minimum atomic E-state index is -0.309. The monoisotopic (exact) mass is 248 g/mol. The molecule has 1 atom stereocenters. The summed E-state index contributed by atoms with van der Waals surface area (Å²) in [5.41, 5.74) is 0.961. The zero-order valence-electron chi connectivity index (χ0n) is 9.99. The molecule has 0 radical (unpaired) electrons. The Labute approximate surface area is 106 Å². The molecule has 1 aromatic carbocycles. The lowest BCUT2D eigenvalue weighted by Crippen LogP contribution is -2.37. The van der Waals surface area contributed by atoms with Crippen LogP contribution in [-0.2, 0) is 4.79 Å². The van der Waals surface area contributed by atoms with Crippen LogP contribution >= 0.6 is 11.8 Å². The van der Waals surface area contributed by atoms with Gasteiger partial charge in [-0.1, -0.05) is 18.1 Å². The van der Waals surface area contributed by atoms with Gasteiger partial charge in [-0.25, -0.2) is 0 Å². The maximum atomic E-state index is 11.6. The second-order valence-electron chi connectivity index (χ2n) is 3.49. The highest BCUT2D eigenvalue weighted by Gasteiger charge is 2.12. The van der Waals surface area contributed by atoms with Crippen LogP contribution < -0.4 is 10.6 Å². The van der Waals surface area contributed by atoms with Gasteiger partial charge >= 0.3 is 0 Å². The van der Waals surface area contributed by atoms with E-state index < -0.39 is 0 Å². The van der Waals surface area contributed by atoms with E-state index >= 15 is 0 Å². The summed E-state index contributed by atoms with van der Waals surface area (Å²) in [4.78, 5) is 12.7. The fourth-order valence-corrected chi connectivity index (χ4v) is 1.92. The topological polar surface area (TPSA) is 41.1 Å². The van der Waals surface area contributed by atoms with Crippen LogP contribution in [0, 0.1) is 12.3 Å². The first kappa shape index (κ1) is 13.5. The van der Waals surface area contributed by atoms with Gasteiger partial charge in [0.15, 0.2) is 0 Å². The van der Waals surface area contributed by atoms with Crippen LogP contribution in [-0.4, -0.2) is 24.7 Å². The van der Waals surface area contributed by atoms with Crippen LogP contribution in [0.4, 0.5) is 5.69 Å². The quantitative estimate of drug-likeness (QED) is 0.618. The van der Waals surface area contributed by atoms with Crippen LogP contribution in [0.2, 0.25) is 0 Å². The number of para-hydroxylation sites is 1. The second-order valence-corrected chi connectivity index (χ2v) is 4.34. The molecule has 0 aliphatic carbocycles. The third-order valence-electron chi connectivity index (χ3n) is 2.24. The van der Waals surface area contributed by atoms with Gasteiger partial charge < -0.3 is 10.6 Å². The van der Waals surface area contributed by atoms with Gasteiger partial charge in [-0.15, -0.1) is 18.2 Å². The van der Waals surface area contributed by atoms with Gasteiger partial charge in [-0.3, -0.25) is 4.79 Å². The summed E-state index contributed by atoms with van der Waals surface area (Å²) in [7, 11) is 0. The first-order valence-electron chi connectivity index (χ1n) is 5.29. The Kier molecular flexibility index (Phi) is 5.44. The molecule has 1 unspecified atom stereocenters. The average molecular weight is 248 g/mol. The molecule has 1 aromatic rings. The highest BCUT2D eigenvalue weighted by atomic mass is 32.2. The molecule has 0 aliphatic rings. The summed E-state index contributed by atoms with van der Waals surface area (Å²) in [5.74, 6) is 2.28. The van der Waals surface area contributed by atoms with Gasteiger partial charge in [0.2, 0.25) is 5.91 Å². The van der Waals surface area contributed by atoms with E-state index in [1.165, 1.54) is 0 Å². The Bertz CT molecular complexity index is 426. The lowest BCUT2D eigenvalue weighted by Gasteiger charge is -2.16. The van der Waals surface area contributed by atoms with Gasteiger partial charge in [-0.05, 0) is 25.3 Å². The summed E-state index contributed by atoms with van der Waals surface area (Å²) in [6.45, 7) is 2.07. The second kappa shape index (κ2) is 6.87. The number of hydrogen-bond acceptors (Lipinski definition) is 3. The molecule has 0 aliphatic heterocycles. The maximum absolute atomic E-state index is 11.6. The Morgan fingerprint density at radius 2 is 2.24 bits per heavy atom. The molecule has 0 saturated carbocycles. The predicted molar refractivity (Wildman–Crippen MR) is 73.2 cm³/mol. The third kappa shape index (κ3) is 4.04. The van der Waals surface area contributed by atoms with Crippen molar-refractivity contribution in [2.24, 2.45) is 0 Å². The van der Waals surface area contributed by atoms with Crippen molar-refractivity contribution in [2.45, 2.75) is 17.9 Å². The molecular weight excluding hydrogens is 232 g/mol. The standard InChI is InChI=1S/C13H16N2OS/c1-4-9-14-13(16)10(2)15-11-7-5-6-8-12(11)17-3/h1,5-8,10,15H,9H2,2-3H3,(H,14,16). The van der Waals surface area contributed by atoms with E-state index in [4.69, 9.17) is 6.42 Å². The molecule has 0 aromatic heterocycles. The average Bonchev–Trinajstić information content (AvgIpc) is 2.36. The molecule has 1 amide bonds. The zero-order valence-corrected chi connectivity index (χ0v) is 10.8. The van der Waals surface area contributed by atoms with Crippen molar-refractivity contribution in [3.8, 4) is 12.3 Å². The number of amides is 1. The molecule has 3 nitrogen and oxygen atoms in total. The number of carbonyl (C=O) groups is 1. The van der Waals surface area contributed by atoms with Crippen molar-refractivity contribution in [2.75, 3.05) is 18.1 Å². The fraction of sp³-hybridized carbons (Fsp3) is 0.308. The normalized spacial score (nSPS) is 11.4. The number of hydrogen-bond donors (Lipinski definition) is 2. The number of carbonyl (C=O) groups excluding carboxylic acids is 1. The van der Waals surface area contributed by atoms with Gasteiger partial charge in [0.25, 0.3) is 0 Å². The third-order valence-corrected chi connectivity index (χ3v) is 3.03. The van der Waals surface area contributed by atoms with Crippen molar-refractivity contribution in [3.63, 3.8) is 0 Å². The Hall–Kier alpha value is -1.60. The lowest BCUT2D eigenvalue weighted by molar-refractivity contribution is -0.121. The Morgan fingerprint density at radius 1 is 1.53 bits per heavy atom. The van der Waals surface area contributed by atoms with Crippen molar-refractivity contribution in [1.82, 2.24) is 5.32 Å². The largest absolute Gasteiger partial charge is 0.373 e. The molecule has 0 bridgehead atoms. The Balaban J connectivity index is 2.64. The number of thioether (sulfide) groups is 1. The van der Waals surface area contributed by atoms with Crippen molar-refractivity contribution in [3.05, 3.63) is 24.3 Å². The molecule has 0 spiro atoms. The van der Waals surface area contributed by atoms with E-state index in [1.807, 2.05) is 37.4 Å². The van der Waals surface area contributed by atoms with Crippen molar-refractivity contribution < 1.29 is 4.79 Å². The summed E-state index contributed by atoms with van der Waals surface area (Å²) in [6, 6.07) is 7.57. The summed E-state index contributed by atoms with van der Waals surface area (Å²) < 4.78 is 0. The highest BCUT2D eigenvalue weighted by Crippen LogP contribution is 2.25. The van der Waals surface area contributed by atoms with Crippen LogP contribution in [0.1, 0.15) is 6.92 Å².